The SMILES string of the molecule is O=C(Nc1nnc(CCCc2ccccc2)s1)C1CC(=O)N(c2ccc(Cl)cc2)C1. The lowest BCUT2D eigenvalue weighted by Crippen LogP contribution is -2.28. The molecule has 2 aromatic carbocycles. The Labute approximate surface area is 183 Å². The number of carbonyl (C=O) groups is 2. The number of aryl methyl sites for hydroxylation is 2. The van der Waals surface area contributed by atoms with Crippen LogP contribution in [0.25, 0.3) is 0 Å². The van der Waals surface area contributed by atoms with Crippen molar-refractivity contribution in [3.05, 3.63) is 70.2 Å². The molecule has 1 aliphatic heterocycles. The van der Waals surface area contributed by atoms with E-state index in [4.69, 9.17) is 11.6 Å². The van der Waals surface area contributed by atoms with Gasteiger partial charge >= 0.3 is 0 Å². The molecule has 1 unspecified atom stereocenters. The van der Waals surface area contributed by atoms with Crippen LogP contribution in [0.5, 0.6) is 0 Å². The second-order valence-electron chi connectivity index (χ2n) is 7.21. The van der Waals surface area contributed by atoms with Crippen LogP contribution < -0.4 is 10.2 Å². The Balaban J connectivity index is 1.29. The number of aromatic nitrogens is 2. The van der Waals surface area contributed by atoms with Gasteiger partial charge in [-0.2, -0.15) is 0 Å². The molecule has 4 rings (SSSR count). The number of benzene rings is 2. The third kappa shape index (κ3) is 5.04. The van der Waals surface area contributed by atoms with Crippen molar-refractivity contribution in [1.82, 2.24) is 10.2 Å². The van der Waals surface area contributed by atoms with Gasteiger partial charge in [-0.15, -0.1) is 10.2 Å². The third-order valence-electron chi connectivity index (χ3n) is 5.03. The Morgan fingerprint density at radius 2 is 1.87 bits per heavy atom. The normalized spacial score (nSPS) is 16.1. The van der Waals surface area contributed by atoms with E-state index in [0.29, 0.717) is 16.7 Å². The van der Waals surface area contributed by atoms with Crippen LogP contribution in [0.3, 0.4) is 0 Å². The molecule has 1 aliphatic rings. The van der Waals surface area contributed by atoms with E-state index in [1.807, 2.05) is 18.2 Å². The first kappa shape index (κ1) is 20.5. The average Bonchev–Trinajstić information content (AvgIpc) is 3.36. The minimum absolute atomic E-state index is 0.0728. The Kier molecular flexibility index (Phi) is 6.40. The standard InChI is InChI=1S/C22H21ClN4O2S/c23-17-9-11-18(12-10-17)27-14-16(13-20(27)28)21(29)24-22-26-25-19(30-22)8-4-7-15-5-2-1-3-6-15/h1-3,5-6,9-12,16H,4,7-8,13-14H2,(H,24,26,29). The molecule has 0 saturated carbocycles. The van der Waals surface area contributed by atoms with E-state index in [-0.39, 0.29) is 18.2 Å². The number of hydrogen-bond donors (Lipinski definition) is 1. The number of nitrogens with zero attached hydrogens (tertiary/aromatic N) is 3. The second-order valence-corrected chi connectivity index (χ2v) is 8.71. The topological polar surface area (TPSA) is 75.2 Å². The van der Waals surface area contributed by atoms with Gasteiger partial charge in [0.15, 0.2) is 0 Å². The summed E-state index contributed by atoms with van der Waals surface area (Å²) in [5.41, 5.74) is 2.04. The molecule has 1 aromatic heterocycles. The number of halogens is 1. The van der Waals surface area contributed by atoms with Crippen LogP contribution >= 0.6 is 22.9 Å². The molecule has 0 spiro atoms. The van der Waals surface area contributed by atoms with E-state index in [1.165, 1.54) is 16.9 Å². The highest BCUT2D eigenvalue weighted by Gasteiger charge is 2.35. The highest BCUT2D eigenvalue weighted by atomic mass is 35.5. The van der Waals surface area contributed by atoms with Gasteiger partial charge in [-0.3, -0.25) is 9.59 Å². The molecule has 2 heterocycles. The van der Waals surface area contributed by atoms with E-state index < -0.39 is 5.92 Å². The van der Waals surface area contributed by atoms with Crippen LogP contribution in [0.1, 0.15) is 23.4 Å². The van der Waals surface area contributed by atoms with Crippen molar-refractivity contribution in [2.24, 2.45) is 5.92 Å². The van der Waals surface area contributed by atoms with Crippen molar-refractivity contribution in [3.8, 4) is 0 Å². The number of rotatable bonds is 7. The van der Waals surface area contributed by atoms with Crippen LogP contribution in [0.15, 0.2) is 54.6 Å². The first-order valence-corrected chi connectivity index (χ1v) is 11.0. The summed E-state index contributed by atoms with van der Waals surface area (Å²) in [5.74, 6) is -0.693. The summed E-state index contributed by atoms with van der Waals surface area (Å²) in [6.07, 6.45) is 2.94. The molecule has 154 valence electrons. The Morgan fingerprint density at radius 1 is 1.10 bits per heavy atom. The van der Waals surface area contributed by atoms with Gasteiger partial charge in [0.1, 0.15) is 5.01 Å². The van der Waals surface area contributed by atoms with Gasteiger partial charge in [0.05, 0.1) is 5.92 Å². The van der Waals surface area contributed by atoms with Gasteiger partial charge < -0.3 is 10.2 Å². The fourth-order valence-electron chi connectivity index (χ4n) is 3.45. The van der Waals surface area contributed by atoms with Crippen molar-refractivity contribution in [1.29, 1.82) is 0 Å². The number of nitrogens with one attached hydrogen (secondary N) is 1. The van der Waals surface area contributed by atoms with Crippen molar-refractivity contribution < 1.29 is 9.59 Å². The van der Waals surface area contributed by atoms with E-state index in [2.05, 4.69) is 27.6 Å². The average molecular weight is 441 g/mol. The molecule has 1 atom stereocenters. The fraction of sp³-hybridized carbons (Fsp3) is 0.273. The summed E-state index contributed by atoms with van der Waals surface area (Å²) in [7, 11) is 0. The first-order chi connectivity index (χ1) is 14.6. The van der Waals surface area contributed by atoms with Crippen molar-refractivity contribution in [2.45, 2.75) is 25.7 Å². The van der Waals surface area contributed by atoms with Gasteiger partial charge in [-0.05, 0) is 42.7 Å². The molecule has 8 heteroatoms. The minimum Gasteiger partial charge on any atom is -0.312 e. The summed E-state index contributed by atoms with van der Waals surface area (Å²) >= 11 is 7.30. The predicted molar refractivity (Wildman–Crippen MR) is 119 cm³/mol. The highest BCUT2D eigenvalue weighted by molar-refractivity contribution is 7.15. The number of amides is 2. The van der Waals surface area contributed by atoms with Gasteiger partial charge in [0, 0.05) is 30.1 Å². The molecular formula is C22H21ClN4O2S. The largest absolute Gasteiger partial charge is 0.312 e. The smallest absolute Gasteiger partial charge is 0.231 e. The number of carbonyl (C=O) groups excluding carboxylic acids is 2. The lowest BCUT2D eigenvalue weighted by atomic mass is 10.1. The van der Waals surface area contributed by atoms with Gasteiger partial charge in [0.2, 0.25) is 16.9 Å². The van der Waals surface area contributed by atoms with Crippen LogP contribution in [0.2, 0.25) is 5.02 Å². The van der Waals surface area contributed by atoms with Crippen molar-refractivity contribution >= 4 is 45.6 Å². The fourth-order valence-corrected chi connectivity index (χ4v) is 4.37. The predicted octanol–water partition coefficient (Wildman–Crippen LogP) is 4.36. The second kappa shape index (κ2) is 9.36. The Morgan fingerprint density at radius 3 is 2.63 bits per heavy atom. The summed E-state index contributed by atoms with van der Waals surface area (Å²) < 4.78 is 0. The molecular weight excluding hydrogens is 420 g/mol. The third-order valence-corrected chi connectivity index (χ3v) is 6.18. The maximum Gasteiger partial charge on any atom is 0.231 e. The summed E-state index contributed by atoms with van der Waals surface area (Å²) in [6, 6.07) is 17.3. The lowest BCUT2D eigenvalue weighted by molar-refractivity contribution is -0.122. The van der Waals surface area contributed by atoms with Crippen molar-refractivity contribution in [2.75, 3.05) is 16.8 Å². The number of hydrogen-bond acceptors (Lipinski definition) is 5. The molecule has 0 aliphatic carbocycles. The molecule has 6 nitrogen and oxygen atoms in total. The summed E-state index contributed by atoms with van der Waals surface area (Å²) in [6.45, 7) is 0.342. The van der Waals surface area contributed by atoms with Crippen LogP contribution in [0.4, 0.5) is 10.8 Å². The van der Waals surface area contributed by atoms with Crippen LogP contribution in [0, 0.1) is 5.92 Å². The lowest BCUT2D eigenvalue weighted by Gasteiger charge is -2.16. The Hall–Kier alpha value is -2.77. The summed E-state index contributed by atoms with van der Waals surface area (Å²) in [5, 5.41) is 13.1. The molecule has 30 heavy (non-hydrogen) atoms. The molecule has 1 saturated heterocycles. The van der Waals surface area contributed by atoms with Gasteiger partial charge in [0.25, 0.3) is 0 Å². The summed E-state index contributed by atoms with van der Waals surface area (Å²) in [4.78, 5) is 26.6. The van der Waals surface area contributed by atoms with E-state index in [9.17, 15) is 9.59 Å². The van der Waals surface area contributed by atoms with Gasteiger partial charge in [-0.25, -0.2) is 0 Å². The highest BCUT2D eigenvalue weighted by Crippen LogP contribution is 2.27. The zero-order valence-electron chi connectivity index (χ0n) is 16.3. The zero-order valence-corrected chi connectivity index (χ0v) is 17.8. The van der Waals surface area contributed by atoms with Crippen LogP contribution in [-0.4, -0.2) is 28.6 Å². The maximum atomic E-state index is 12.6. The minimum atomic E-state index is -0.418. The molecule has 0 bridgehead atoms. The Bertz CT molecular complexity index is 1020. The molecule has 0 radical (unpaired) electrons. The monoisotopic (exact) mass is 440 g/mol. The quantitative estimate of drug-likeness (QED) is 0.592. The zero-order chi connectivity index (χ0) is 20.9. The molecule has 3 aromatic rings. The van der Waals surface area contributed by atoms with E-state index in [0.717, 1.165) is 30.0 Å². The van der Waals surface area contributed by atoms with Crippen molar-refractivity contribution in [3.63, 3.8) is 0 Å². The molecule has 2 amide bonds. The number of anilines is 2. The van der Waals surface area contributed by atoms with Crippen LogP contribution in [-0.2, 0) is 22.4 Å². The van der Waals surface area contributed by atoms with Gasteiger partial charge in [-0.1, -0.05) is 53.3 Å². The van der Waals surface area contributed by atoms with E-state index >= 15 is 0 Å². The van der Waals surface area contributed by atoms with E-state index in [1.54, 1.807) is 29.2 Å². The molecule has 1 N–H and O–H groups in total. The maximum absolute atomic E-state index is 12.6. The first-order valence-electron chi connectivity index (χ1n) is 9.81. The molecule has 1 fully saturated rings.